The van der Waals surface area contributed by atoms with Crippen LogP contribution in [-0.4, -0.2) is 46.2 Å². The number of amides is 2. The van der Waals surface area contributed by atoms with Crippen molar-refractivity contribution in [2.45, 2.75) is 38.1 Å². The predicted octanol–water partition coefficient (Wildman–Crippen LogP) is 5.61. The third-order valence-electron chi connectivity index (χ3n) is 8.51. The van der Waals surface area contributed by atoms with Crippen molar-refractivity contribution in [3.63, 3.8) is 0 Å². The number of fused-ring (bicyclic) bond motifs is 3. The third-order valence-corrected chi connectivity index (χ3v) is 8.51. The van der Waals surface area contributed by atoms with Crippen LogP contribution < -0.4 is 35.6 Å². The van der Waals surface area contributed by atoms with Crippen molar-refractivity contribution in [3.05, 3.63) is 117 Å². The number of nitrogens with one attached hydrogen (secondary N) is 3. The van der Waals surface area contributed by atoms with Gasteiger partial charge in [0.15, 0.2) is 11.5 Å². The molecule has 0 spiro atoms. The molecule has 5 rings (SSSR count). The van der Waals surface area contributed by atoms with Crippen LogP contribution in [0.25, 0.3) is 11.1 Å². The van der Waals surface area contributed by atoms with Gasteiger partial charge in [-0.25, -0.2) is 0 Å². The third kappa shape index (κ3) is 7.57. The number of anilines is 1. The lowest BCUT2D eigenvalue weighted by Gasteiger charge is -2.19. The van der Waals surface area contributed by atoms with Crippen molar-refractivity contribution in [1.29, 1.82) is 0 Å². The summed E-state index contributed by atoms with van der Waals surface area (Å²) >= 11 is 0. The molecule has 47 heavy (non-hydrogen) atoms. The maximum atomic E-state index is 13.6. The summed E-state index contributed by atoms with van der Waals surface area (Å²) in [6.07, 6.45) is 1.88. The Labute approximate surface area is 275 Å². The molecule has 0 heterocycles. The van der Waals surface area contributed by atoms with E-state index < -0.39 is 6.04 Å². The minimum atomic E-state index is -0.421. The second-order valence-electron chi connectivity index (χ2n) is 11.5. The van der Waals surface area contributed by atoms with Gasteiger partial charge in [-0.15, -0.1) is 0 Å². The monoisotopic (exact) mass is 635 g/mol. The topological polar surface area (TPSA) is 115 Å². The molecule has 9 heteroatoms. The molecule has 244 valence electrons. The molecule has 1 unspecified atom stereocenters. The highest BCUT2D eigenvalue weighted by Gasteiger charge is 2.29. The second kappa shape index (κ2) is 15.3. The lowest BCUT2D eigenvalue weighted by Crippen LogP contribution is -2.32. The molecule has 4 aromatic rings. The quantitative estimate of drug-likeness (QED) is 0.185. The van der Waals surface area contributed by atoms with E-state index in [2.05, 4.69) is 40.2 Å². The number of hydrogen-bond acceptors (Lipinski definition) is 7. The molecule has 0 aromatic heterocycles. The van der Waals surface area contributed by atoms with Crippen LogP contribution >= 0.6 is 0 Å². The Morgan fingerprint density at radius 1 is 0.851 bits per heavy atom. The van der Waals surface area contributed by atoms with E-state index >= 15 is 0 Å². The molecule has 9 nitrogen and oxygen atoms in total. The Morgan fingerprint density at radius 3 is 2.11 bits per heavy atom. The molecule has 2 amide bonds. The summed E-state index contributed by atoms with van der Waals surface area (Å²) in [5.74, 6) is 1.14. The highest BCUT2D eigenvalue weighted by Crippen LogP contribution is 2.50. The maximum absolute atomic E-state index is 13.6. The minimum absolute atomic E-state index is 0.0781. The van der Waals surface area contributed by atoms with Gasteiger partial charge in [-0.05, 0) is 65.3 Å². The number of benzene rings is 3. The van der Waals surface area contributed by atoms with E-state index in [1.165, 1.54) is 24.1 Å². The second-order valence-corrected chi connectivity index (χ2v) is 11.5. The molecular weight excluding hydrogens is 594 g/mol. The Bertz CT molecular complexity index is 1740. The van der Waals surface area contributed by atoms with E-state index in [-0.39, 0.29) is 35.4 Å². The van der Waals surface area contributed by atoms with Crippen LogP contribution in [-0.2, 0) is 16.0 Å². The first kappa shape index (κ1) is 33.1. The van der Waals surface area contributed by atoms with Crippen LogP contribution in [0.5, 0.6) is 17.2 Å². The number of hydrogen-bond donors (Lipinski definition) is 3. The lowest BCUT2D eigenvalue weighted by atomic mass is 9.88. The number of ether oxygens (including phenoxy) is 3. The number of methoxy groups -OCH3 is 3. The lowest BCUT2D eigenvalue weighted by molar-refractivity contribution is -0.120. The van der Waals surface area contributed by atoms with Crippen molar-refractivity contribution >= 4 is 17.5 Å². The van der Waals surface area contributed by atoms with Gasteiger partial charge in [0.05, 0.1) is 39.6 Å². The number of aryl methyl sites for hydroxylation is 1. The van der Waals surface area contributed by atoms with Crippen molar-refractivity contribution in [2.75, 3.05) is 39.7 Å². The predicted molar refractivity (Wildman–Crippen MR) is 184 cm³/mol. The maximum Gasteiger partial charge on any atom is 0.239 e. The molecule has 0 saturated carbocycles. The average molecular weight is 636 g/mol. The fourth-order valence-corrected chi connectivity index (χ4v) is 6.34. The van der Waals surface area contributed by atoms with Gasteiger partial charge in [0, 0.05) is 24.9 Å². The molecule has 0 bridgehead atoms. The summed E-state index contributed by atoms with van der Waals surface area (Å²) in [5.41, 5.74) is 5.41. The van der Waals surface area contributed by atoms with Gasteiger partial charge in [0.2, 0.25) is 23.0 Å². The summed E-state index contributed by atoms with van der Waals surface area (Å²) in [6, 6.07) is 27.0. The molecule has 0 saturated heterocycles. The van der Waals surface area contributed by atoms with Crippen LogP contribution in [0.2, 0.25) is 0 Å². The first-order valence-electron chi connectivity index (χ1n) is 15.7. The Kier molecular flexibility index (Phi) is 10.8. The fourth-order valence-electron chi connectivity index (χ4n) is 6.34. The number of carbonyl (C=O) groups is 2. The SMILES string of the molecule is COc1cc2c(c(OC)c1OC)-c1ccc(NCC(=O)NCCC(c3ccccc3)c3ccccc3)c(=O)cc1C(NC(C)=O)CC2. The van der Waals surface area contributed by atoms with E-state index in [9.17, 15) is 14.4 Å². The summed E-state index contributed by atoms with van der Waals surface area (Å²) in [7, 11) is 4.67. The normalized spacial score (nSPS) is 13.4. The van der Waals surface area contributed by atoms with Gasteiger partial charge in [0.1, 0.15) is 0 Å². The Balaban J connectivity index is 1.38. The zero-order valence-corrected chi connectivity index (χ0v) is 27.2. The van der Waals surface area contributed by atoms with Crippen LogP contribution in [0.1, 0.15) is 54.0 Å². The van der Waals surface area contributed by atoms with E-state index in [1.807, 2.05) is 48.5 Å². The molecular formula is C38H41N3O6. The smallest absolute Gasteiger partial charge is 0.239 e. The van der Waals surface area contributed by atoms with Gasteiger partial charge in [0.25, 0.3) is 0 Å². The molecule has 1 aliphatic rings. The Hall–Kier alpha value is -5.31. The number of carbonyl (C=O) groups excluding carboxylic acids is 2. The average Bonchev–Trinajstić information content (AvgIpc) is 3.33. The van der Waals surface area contributed by atoms with E-state index in [1.54, 1.807) is 27.4 Å². The number of rotatable bonds is 12. The molecule has 0 fully saturated rings. The zero-order chi connectivity index (χ0) is 33.3. The molecule has 0 aliphatic heterocycles. The van der Waals surface area contributed by atoms with Gasteiger partial charge in [-0.3, -0.25) is 14.4 Å². The summed E-state index contributed by atoms with van der Waals surface area (Å²) in [4.78, 5) is 38.7. The van der Waals surface area contributed by atoms with Crippen LogP contribution in [0, 0.1) is 0 Å². The van der Waals surface area contributed by atoms with Gasteiger partial charge < -0.3 is 30.2 Å². The van der Waals surface area contributed by atoms with Crippen molar-refractivity contribution in [3.8, 4) is 28.4 Å². The molecule has 3 N–H and O–H groups in total. The molecule has 1 aliphatic carbocycles. The Morgan fingerprint density at radius 2 is 1.51 bits per heavy atom. The van der Waals surface area contributed by atoms with Gasteiger partial charge >= 0.3 is 0 Å². The molecule has 4 aromatic carbocycles. The fraction of sp³-hybridized carbons (Fsp3) is 0.289. The minimum Gasteiger partial charge on any atom is -0.493 e. The van der Waals surface area contributed by atoms with Crippen LogP contribution in [0.3, 0.4) is 0 Å². The highest BCUT2D eigenvalue weighted by molar-refractivity contribution is 5.84. The summed E-state index contributed by atoms with van der Waals surface area (Å²) < 4.78 is 17.1. The zero-order valence-electron chi connectivity index (χ0n) is 27.2. The highest BCUT2D eigenvalue weighted by atomic mass is 16.5. The van der Waals surface area contributed by atoms with E-state index in [0.29, 0.717) is 42.2 Å². The van der Waals surface area contributed by atoms with Crippen LogP contribution in [0.15, 0.2) is 89.7 Å². The van der Waals surface area contributed by atoms with Crippen molar-refractivity contribution < 1.29 is 23.8 Å². The molecule has 1 atom stereocenters. The van der Waals surface area contributed by atoms with Crippen molar-refractivity contribution in [2.24, 2.45) is 0 Å². The first-order chi connectivity index (χ1) is 22.8. The molecule has 0 radical (unpaired) electrons. The van der Waals surface area contributed by atoms with Crippen LogP contribution in [0.4, 0.5) is 5.69 Å². The van der Waals surface area contributed by atoms with Crippen molar-refractivity contribution in [1.82, 2.24) is 10.6 Å². The van der Waals surface area contributed by atoms with E-state index in [0.717, 1.165) is 23.1 Å². The summed E-state index contributed by atoms with van der Waals surface area (Å²) in [6.45, 7) is 1.85. The first-order valence-corrected chi connectivity index (χ1v) is 15.7. The van der Waals surface area contributed by atoms with Gasteiger partial charge in [-0.2, -0.15) is 0 Å². The van der Waals surface area contributed by atoms with E-state index in [4.69, 9.17) is 14.2 Å². The van der Waals surface area contributed by atoms with Gasteiger partial charge in [-0.1, -0.05) is 66.7 Å². The largest absolute Gasteiger partial charge is 0.493 e. The standard InChI is InChI=1S/C38H41N3O6/c1-24(42)41-31-17-15-27-21-34(45-2)37(46-3)38(47-4)36(27)29-16-18-32(33(43)22-30(29)31)40-23-35(44)39-20-19-28(25-11-7-5-8-12-25)26-13-9-6-10-14-26/h5-14,16,18,21-22,28,31H,15,17,19-20,23H2,1-4H3,(H,39,44)(H,40,43)(H,41,42). The summed E-state index contributed by atoms with van der Waals surface area (Å²) in [5, 5.41) is 9.04.